The van der Waals surface area contributed by atoms with E-state index < -0.39 is 5.97 Å². The van der Waals surface area contributed by atoms with Crippen LogP contribution in [0.1, 0.15) is 15.9 Å². The Labute approximate surface area is 148 Å². The third-order valence-corrected chi connectivity index (χ3v) is 4.32. The van der Waals surface area contributed by atoms with E-state index in [0.29, 0.717) is 16.9 Å². The zero-order valence-corrected chi connectivity index (χ0v) is 13.9. The fourth-order valence-corrected chi connectivity index (χ4v) is 2.99. The summed E-state index contributed by atoms with van der Waals surface area (Å²) in [4.78, 5) is 28.3. The summed E-state index contributed by atoms with van der Waals surface area (Å²) in [5, 5.41) is 12.3. The molecule has 0 aliphatic heterocycles. The summed E-state index contributed by atoms with van der Waals surface area (Å²) in [6, 6.07) is 17.5. The number of fused-ring (bicyclic) bond motifs is 1. The first kappa shape index (κ1) is 15.8. The van der Waals surface area contributed by atoms with Crippen molar-refractivity contribution in [3.8, 4) is 22.5 Å². The Morgan fingerprint density at radius 3 is 2.50 bits per heavy atom. The van der Waals surface area contributed by atoms with Gasteiger partial charge in [0.15, 0.2) is 5.65 Å². The van der Waals surface area contributed by atoms with Crippen LogP contribution in [0.2, 0.25) is 0 Å². The van der Waals surface area contributed by atoms with Gasteiger partial charge in [0, 0.05) is 17.2 Å². The number of carboxylic acids is 1. The summed E-state index contributed by atoms with van der Waals surface area (Å²) >= 11 is 0. The highest BCUT2D eigenvalue weighted by atomic mass is 16.4. The van der Waals surface area contributed by atoms with E-state index in [0.717, 1.165) is 16.8 Å². The fourth-order valence-electron chi connectivity index (χ4n) is 2.99. The zero-order valence-electron chi connectivity index (χ0n) is 13.9. The van der Waals surface area contributed by atoms with Gasteiger partial charge in [-0.2, -0.15) is 0 Å². The van der Waals surface area contributed by atoms with Gasteiger partial charge >= 0.3 is 5.97 Å². The summed E-state index contributed by atoms with van der Waals surface area (Å²) in [7, 11) is 0. The molecule has 0 atom stereocenters. The molecule has 2 aromatic carbocycles. The van der Waals surface area contributed by atoms with Gasteiger partial charge < -0.3 is 5.11 Å². The van der Waals surface area contributed by atoms with Crippen molar-refractivity contribution in [2.45, 2.75) is 6.92 Å². The van der Waals surface area contributed by atoms with Gasteiger partial charge in [-0.1, -0.05) is 42.5 Å². The van der Waals surface area contributed by atoms with Crippen molar-refractivity contribution in [2.24, 2.45) is 0 Å². The number of aromatic nitrogens is 3. The Morgan fingerprint density at radius 1 is 1.04 bits per heavy atom. The number of aryl methyl sites for hydroxylation is 1. The lowest BCUT2D eigenvalue weighted by Crippen LogP contribution is -2.14. The predicted octanol–water partition coefficient (Wildman–Crippen LogP) is 3.36. The molecular weight excluding hydrogens is 330 g/mol. The number of carbonyl (C=O) groups is 1. The molecule has 0 fully saturated rings. The first-order valence-electron chi connectivity index (χ1n) is 8.06. The normalized spacial score (nSPS) is 11.0. The third kappa shape index (κ3) is 2.57. The molecule has 0 spiro atoms. The van der Waals surface area contributed by atoms with E-state index >= 15 is 0 Å². The van der Waals surface area contributed by atoms with E-state index in [1.54, 1.807) is 12.1 Å². The number of hydrogen-bond acceptors (Lipinski definition) is 3. The first-order valence-corrected chi connectivity index (χ1v) is 8.06. The molecule has 128 valence electrons. The van der Waals surface area contributed by atoms with Crippen molar-refractivity contribution in [3.05, 3.63) is 82.1 Å². The van der Waals surface area contributed by atoms with Crippen molar-refractivity contribution in [2.75, 3.05) is 0 Å². The van der Waals surface area contributed by atoms with E-state index in [4.69, 9.17) is 5.11 Å². The number of rotatable bonds is 3. The summed E-state index contributed by atoms with van der Waals surface area (Å²) < 4.78 is 1.40. The van der Waals surface area contributed by atoms with Crippen LogP contribution in [0.5, 0.6) is 0 Å². The number of benzene rings is 2. The van der Waals surface area contributed by atoms with Gasteiger partial charge in [-0.05, 0) is 24.6 Å². The molecule has 6 nitrogen and oxygen atoms in total. The molecule has 4 rings (SSSR count). The molecule has 2 aromatic heterocycles. The summed E-state index contributed by atoms with van der Waals surface area (Å²) in [5.74, 6) is -1.02. The van der Waals surface area contributed by atoms with E-state index in [1.807, 2.05) is 37.3 Å². The highest BCUT2D eigenvalue weighted by molar-refractivity contribution is 5.89. The standard InChI is InChI=1S/C20H15N3O3/c1-12-18(13-6-3-2-4-7-13)22-23-17(24)11-16(21-19(12)23)14-8-5-9-15(10-14)20(25)26/h2-11,22H,1H3,(H,25,26). The van der Waals surface area contributed by atoms with Crippen LogP contribution in [-0.4, -0.2) is 25.7 Å². The molecule has 2 heterocycles. The Hall–Kier alpha value is -3.67. The number of aromatic carboxylic acids is 1. The molecule has 0 amide bonds. The lowest BCUT2D eigenvalue weighted by Gasteiger charge is -2.03. The third-order valence-electron chi connectivity index (χ3n) is 4.32. The fraction of sp³-hybridized carbons (Fsp3) is 0.0500. The molecule has 0 aliphatic rings. The number of carboxylic acid groups (broad SMARTS) is 1. The van der Waals surface area contributed by atoms with Gasteiger partial charge in [-0.15, -0.1) is 0 Å². The lowest BCUT2D eigenvalue weighted by molar-refractivity contribution is 0.0697. The molecule has 0 saturated carbocycles. The number of nitrogens with one attached hydrogen (secondary N) is 1. The minimum absolute atomic E-state index is 0.153. The number of aromatic amines is 1. The van der Waals surface area contributed by atoms with Crippen LogP contribution in [0.3, 0.4) is 0 Å². The first-order chi connectivity index (χ1) is 12.5. The van der Waals surface area contributed by atoms with Crippen molar-refractivity contribution >= 4 is 11.6 Å². The summed E-state index contributed by atoms with van der Waals surface area (Å²) in [6.45, 7) is 1.90. The van der Waals surface area contributed by atoms with Crippen LogP contribution in [0.25, 0.3) is 28.2 Å². The molecule has 0 bridgehead atoms. The van der Waals surface area contributed by atoms with Gasteiger partial charge in [0.25, 0.3) is 5.56 Å². The lowest BCUT2D eigenvalue weighted by atomic mass is 10.1. The maximum Gasteiger partial charge on any atom is 0.335 e. The highest BCUT2D eigenvalue weighted by Gasteiger charge is 2.14. The monoisotopic (exact) mass is 345 g/mol. The second kappa shape index (κ2) is 6.00. The van der Waals surface area contributed by atoms with Gasteiger partial charge in [-0.25, -0.2) is 14.3 Å². The summed E-state index contributed by atoms with van der Waals surface area (Å²) in [5.41, 5.74) is 4.09. The zero-order chi connectivity index (χ0) is 18.3. The number of H-pyrrole nitrogens is 1. The molecule has 0 radical (unpaired) electrons. The topological polar surface area (TPSA) is 87.5 Å². The van der Waals surface area contributed by atoms with Gasteiger partial charge in [0.05, 0.1) is 17.0 Å². The molecule has 6 heteroatoms. The molecule has 26 heavy (non-hydrogen) atoms. The van der Waals surface area contributed by atoms with Crippen molar-refractivity contribution in [1.29, 1.82) is 0 Å². The van der Waals surface area contributed by atoms with Crippen LogP contribution < -0.4 is 5.56 Å². The smallest absolute Gasteiger partial charge is 0.335 e. The van der Waals surface area contributed by atoms with Gasteiger partial charge in [0.2, 0.25) is 0 Å². The largest absolute Gasteiger partial charge is 0.478 e. The second-order valence-electron chi connectivity index (χ2n) is 6.00. The van der Waals surface area contributed by atoms with E-state index in [9.17, 15) is 9.59 Å². The molecule has 4 aromatic rings. The Morgan fingerprint density at radius 2 is 1.77 bits per heavy atom. The highest BCUT2D eigenvalue weighted by Crippen LogP contribution is 2.25. The molecule has 0 aliphatic carbocycles. The average Bonchev–Trinajstić information content (AvgIpc) is 3.00. The Balaban J connectivity index is 1.92. The minimum Gasteiger partial charge on any atom is -0.478 e. The molecule has 0 unspecified atom stereocenters. The molecule has 2 N–H and O–H groups in total. The summed E-state index contributed by atoms with van der Waals surface area (Å²) in [6.07, 6.45) is 0. The van der Waals surface area contributed by atoms with Crippen LogP contribution in [0, 0.1) is 6.92 Å². The average molecular weight is 345 g/mol. The number of nitrogens with zero attached hydrogens (tertiary/aromatic N) is 2. The maximum absolute atomic E-state index is 12.6. The Bertz CT molecular complexity index is 1190. The Kier molecular flexibility index (Phi) is 3.65. The molecule has 0 saturated heterocycles. The molecular formula is C20H15N3O3. The quantitative estimate of drug-likeness (QED) is 0.596. The predicted molar refractivity (Wildman–Crippen MR) is 98.4 cm³/mol. The second-order valence-corrected chi connectivity index (χ2v) is 6.00. The van der Waals surface area contributed by atoms with E-state index in [1.165, 1.54) is 22.7 Å². The van der Waals surface area contributed by atoms with E-state index in [2.05, 4.69) is 10.1 Å². The van der Waals surface area contributed by atoms with Gasteiger partial charge in [-0.3, -0.25) is 9.89 Å². The van der Waals surface area contributed by atoms with Crippen LogP contribution in [-0.2, 0) is 0 Å². The van der Waals surface area contributed by atoms with Crippen LogP contribution in [0.15, 0.2) is 65.5 Å². The minimum atomic E-state index is -1.02. The van der Waals surface area contributed by atoms with Crippen LogP contribution in [0.4, 0.5) is 0 Å². The van der Waals surface area contributed by atoms with Gasteiger partial charge in [0.1, 0.15) is 0 Å². The SMILES string of the molecule is Cc1c(-c2ccccc2)[nH]n2c(=O)cc(-c3cccc(C(=O)O)c3)nc12. The van der Waals surface area contributed by atoms with Crippen molar-refractivity contribution in [3.63, 3.8) is 0 Å². The van der Waals surface area contributed by atoms with Crippen molar-refractivity contribution < 1.29 is 9.90 Å². The maximum atomic E-state index is 12.6. The van der Waals surface area contributed by atoms with Crippen LogP contribution >= 0.6 is 0 Å². The van der Waals surface area contributed by atoms with E-state index in [-0.39, 0.29) is 11.1 Å². The number of hydrogen-bond donors (Lipinski definition) is 2. The van der Waals surface area contributed by atoms with Crippen molar-refractivity contribution in [1.82, 2.24) is 14.6 Å².